The van der Waals surface area contributed by atoms with Gasteiger partial charge in [-0.1, -0.05) is 77.0 Å². The second-order valence-electron chi connectivity index (χ2n) is 9.45. The largest absolute Gasteiger partial charge is 0.454 e. The van der Waals surface area contributed by atoms with Crippen LogP contribution in [0.3, 0.4) is 0 Å². The van der Waals surface area contributed by atoms with E-state index in [9.17, 15) is 0 Å². The minimum atomic E-state index is -1.34. The zero-order valence-corrected chi connectivity index (χ0v) is 15.4. The van der Waals surface area contributed by atoms with Gasteiger partial charge >= 0.3 is 0 Å². The average molecular weight is 319 g/mol. The molecule has 0 heterocycles. The molecule has 0 saturated heterocycles. The Morgan fingerprint density at radius 3 is 0.714 bits per heavy atom. The van der Waals surface area contributed by atoms with Crippen molar-refractivity contribution in [2.24, 2.45) is 0 Å². The monoisotopic (exact) mass is 318 g/mol. The SMILES string of the molecule is C1CC1[Si](O[Si](C1CC1)(C1CC1)C1CC1)(C1CC1)C1CC1. The van der Waals surface area contributed by atoms with Crippen LogP contribution in [0.2, 0.25) is 33.2 Å². The second kappa shape index (κ2) is 4.07. The van der Waals surface area contributed by atoms with Crippen molar-refractivity contribution in [1.82, 2.24) is 0 Å². The van der Waals surface area contributed by atoms with Gasteiger partial charge in [-0.2, -0.15) is 0 Å². The van der Waals surface area contributed by atoms with E-state index in [4.69, 9.17) is 4.12 Å². The third-order valence-corrected chi connectivity index (χ3v) is 21.6. The fraction of sp³-hybridized carbons (Fsp3) is 1.00. The summed E-state index contributed by atoms with van der Waals surface area (Å²) in [4.78, 5) is 0. The van der Waals surface area contributed by atoms with Gasteiger partial charge in [-0.3, -0.25) is 0 Å². The molecule has 6 aliphatic carbocycles. The van der Waals surface area contributed by atoms with Crippen LogP contribution in [0.5, 0.6) is 0 Å². The molecule has 0 N–H and O–H groups in total. The first-order valence-corrected chi connectivity index (χ1v) is 14.3. The van der Waals surface area contributed by atoms with Crippen LogP contribution in [-0.2, 0) is 4.12 Å². The first kappa shape index (κ1) is 12.8. The lowest BCUT2D eigenvalue weighted by molar-refractivity contribution is 0.485. The summed E-state index contributed by atoms with van der Waals surface area (Å²) in [6, 6.07) is 0. The molecule has 6 saturated carbocycles. The molecule has 0 aliphatic heterocycles. The number of hydrogen-bond acceptors (Lipinski definition) is 1. The van der Waals surface area contributed by atoms with Crippen LogP contribution in [0.25, 0.3) is 0 Å². The molecule has 1 nitrogen and oxygen atoms in total. The molecule has 0 spiro atoms. The highest BCUT2D eigenvalue weighted by Crippen LogP contribution is 2.75. The highest BCUT2D eigenvalue weighted by molar-refractivity contribution is 6.93. The molecule has 21 heavy (non-hydrogen) atoms. The molecule has 0 atom stereocenters. The van der Waals surface area contributed by atoms with E-state index < -0.39 is 16.6 Å². The van der Waals surface area contributed by atoms with Crippen molar-refractivity contribution in [2.75, 3.05) is 0 Å². The van der Waals surface area contributed by atoms with Gasteiger partial charge in [-0.05, 0) is 33.2 Å². The van der Waals surface area contributed by atoms with Gasteiger partial charge in [0.1, 0.15) is 0 Å². The lowest BCUT2D eigenvalue weighted by Gasteiger charge is -2.45. The first-order chi connectivity index (χ1) is 10.3. The highest BCUT2D eigenvalue weighted by Gasteiger charge is 2.72. The standard InChI is InChI=1S/C18H30OSi2/c1-2-13(1)20(14-3-4-14,15-5-6-15)19-21(16-7-8-16,17-9-10-17)18-11-12-18/h13-18H,1-12H2. The van der Waals surface area contributed by atoms with Crippen LogP contribution in [0, 0.1) is 0 Å². The Balaban J connectivity index is 1.40. The van der Waals surface area contributed by atoms with E-state index in [-0.39, 0.29) is 0 Å². The van der Waals surface area contributed by atoms with Gasteiger partial charge in [0.25, 0.3) is 0 Å². The lowest BCUT2D eigenvalue weighted by atomic mass is 10.9. The Labute approximate surface area is 131 Å². The molecule has 0 aromatic carbocycles. The molecule has 0 aromatic rings. The van der Waals surface area contributed by atoms with E-state index in [1.54, 1.807) is 77.0 Å². The molecule has 0 radical (unpaired) electrons. The minimum Gasteiger partial charge on any atom is -0.454 e. The van der Waals surface area contributed by atoms with Crippen LogP contribution in [0.1, 0.15) is 77.0 Å². The van der Waals surface area contributed by atoms with Crippen LogP contribution >= 0.6 is 0 Å². The predicted octanol–water partition coefficient (Wildman–Crippen LogP) is 5.88. The van der Waals surface area contributed by atoms with E-state index in [1.807, 2.05) is 0 Å². The quantitative estimate of drug-likeness (QED) is 0.508. The number of rotatable bonds is 8. The molecule has 0 bridgehead atoms. The maximum Gasteiger partial charge on any atom is 0.189 e. The van der Waals surface area contributed by atoms with Gasteiger partial charge in [0.15, 0.2) is 16.6 Å². The van der Waals surface area contributed by atoms with Crippen LogP contribution < -0.4 is 0 Å². The maximum atomic E-state index is 7.85. The van der Waals surface area contributed by atoms with E-state index in [0.29, 0.717) is 0 Å². The molecular weight excluding hydrogens is 288 g/mol. The zero-order valence-electron chi connectivity index (χ0n) is 13.4. The van der Waals surface area contributed by atoms with Gasteiger partial charge in [-0.15, -0.1) is 0 Å². The van der Waals surface area contributed by atoms with Gasteiger partial charge < -0.3 is 4.12 Å². The van der Waals surface area contributed by atoms with Crippen molar-refractivity contribution >= 4 is 16.6 Å². The number of hydrogen-bond donors (Lipinski definition) is 0. The van der Waals surface area contributed by atoms with Crippen molar-refractivity contribution < 1.29 is 4.12 Å². The zero-order chi connectivity index (χ0) is 13.7. The summed E-state index contributed by atoms with van der Waals surface area (Å²) in [5.41, 5.74) is 6.84. The van der Waals surface area contributed by atoms with Crippen molar-refractivity contribution in [2.45, 2.75) is 110 Å². The Hall–Kier alpha value is 0.394. The van der Waals surface area contributed by atoms with Crippen molar-refractivity contribution in [3.8, 4) is 0 Å². The van der Waals surface area contributed by atoms with Crippen molar-refractivity contribution in [3.05, 3.63) is 0 Å². The molecule has 3 heteroatoms. The minimum absolute atomic E-state index is 1.14. The Morgan fingerprint density at radius 1 is 0.381 bits per heavy atom. The van der Waals surface area contributed by atoms with E-state index in [1.165, 1.54) is 0 Å². The summed E-state index contributed by atoms with van der Waals surface area (Å²) in [6.07, 6.45) is 18.9. The van der Waals surface area contributed by atoms with E-state index in [2.05, 4.69) is 0 Å². The Kier molecular flexibility index (Phi) is 2.48. The second-order valence-corrected chi connectivity index (χ2v) is 18.6. The molecule has 0 aromatic heterocycles. The lowest BCUT2D eigenvalue weighted by Crippen LogP contribution is -2.54. The van der Waals surface area contributed by atoms with Gasteiger partial charge in [0.05, 0.1) is 0 Å². The topological polar surface area (TPSA) is 9.23 Å². The molecule has 116 valence electrons. The fourth-order valence-electron chi connectivity index (χ4n) is 6.01. The third kappa shape index (κ3) is 1.89. The molecule has 6 fully saturated rings. The average Bonchev–Trinajstić information content (AvgIpc) is 3.29. The van der Waals surface area contributed by atoms with Crippen LogP contribution in [0.15, 0.2) is 0 Å². The predicted molar refractivity (Wildman–Crippen MR) is 90.5 cm³/mol. The normalized spacial score (nSPS) is 34.3. The van der Waals surface area contributed by atoms with E-state index in [0.717, 1.165) is 33.2 Å². The van der Waals surface area contributed by atoms with E-state index >= 15 is 0 Å². The van der Waals surface area contributed by atoms with Gasteiger partial charge in [0, 0.05) is 0 Å². The molecule has 0 unspecified atom stereocenters. The molecule has 0 amide bonds. The maximum absolute atomic E-state index is 7.85. The summed E-state index contributed by atoms with van der Waals surface area (Å²) in [7, 11) is -2.67. The Bertz CT molecular complexity index is 349. The smallest absolute Gasteiger partial charge is 0.189 e. The summed E-state index contributed by atoms with van der Waals surface area (Å²) in [5.74, 6) is 0. The fourth-order valence-corrected chi connectivity index (χ4v) is 22.9. The van der Waals surface area contributed by atoms with Crippen LogP contribution in [-0.4, -0.2) is 16.6 Å². The summed E-state index contributed by atoms with van der Waals surface area (Å²) in [5, 5.41) is 0. The molecule has 6 aliphatic rings. The molecule has 6 rings (SSSR count). The molecular formula is C18H30OSi2. The summed E-state index contributed by atoms with van der Waals surface area (Å²) >= 11 is 0. The third-order valence-electron chi connectivity index (χ3n) is 7.65. The van der Waals surface area contributed by atoms with Crippen LogP contribution in [0.4, 0.5) is 0 Å². The highest BCUT2D eigenvalue weighted by atomic mass is 28.4. The summed E-state index contributed by atoms with van der Waals surface area (Å²) < 4.78 is 7.85. The first-order valence-electron chi connectivity index (χ1n) is 10.0. The van der Waals surface area contributed by atoms with Gasteiger partial charge in [-0.25, -0.2) is 0 Å². The Morgan fingerprint density at radius 2 is 0.571 bits per heavy atom. The van der Waals surface area contributed by atoms with Crippen molar-refractivity contribution in [3.63, 3.8) is 0 Å². The summed E-state index contributed by atoms with van der Waals surface area (Å²) in [6.45, 7) is 0. The van der Waals surface area contributed by atoms with Crippen molar-refractivity contribution in [1.29, 1.82) is 0 Å². The van der Waals surface area contributed by atoms with Gasteiger partial charge in [0.2, 0.25) is 0 Å².